The van der Waals surface area contributed by atoms with Gasteiger partial charge in [-0.1, -0.05) is 54.6 Å². The maximum absolute atomic E-state index is 11.4. The maximum atomic E-state index is 11.4. The third-order valence-electron chi connectivity index (χ3n) is 6.69. The molecule has 1 amide bonds. The van der Waals surface area contributed by atoms with Gasteiger partial charge in [0, 0.05) is 13.0 Å². The molecule has 1 aliphatic heterocycles. The van der Waals surface area contributed by atoms with Gasteiger partial charge in [-0.3, -0.25) is 9.69 Å². The van der Waals surface area contributed by atoms with E-state index in [-0.39, 0.29) is 11.3 Å². The molecular formula is C27H32N2O2. The first-order chi connectivity index (χ1) is 15.1. The Morgan fingerprint density at radius 2 is 1.81 bits per heavy atom. The van der Waals surface area contributed by atoms with Gasteiger partial charge in [-0.2, -0.15) is 0 Å². The van der Waals surface area contributed by atoms with Crippen LogP contribution in [0.25, 0.3) is 0 Å². The Balaban J connectivity index is 1.34. The lowest BCUT2D eigenvalue weighted by atomic mass is 9.65. The Bertz CT molecular complexity index is 929. The van der Waals surface area contributed by atoms with Crippen molar-refractivity contribution in [3.8, 4) is 11.5 Å². The minimum absolute atomic E-state index is 0.0826. The van der Waals surface area contributed by atoms with Gasteiger partial charge in [0.25, 0.3) is 0 Å². The number of nitrogens with zero attached hydrogens (tertiary/aromatic N) is 1. The van der Waals surface area contributed by atoms with Crippen LogP contribution in [-0.2, 0) is 11.3 Å². The lowest BCUT2D eigenvalue weighted by molar-refractivity contribution is -0.118. The first kappa shape index (κ1) is 21.4. The van der Waals surface area contributed by atoms with Crippen molar-refractivity contribution in [3.63, 3.8) is 0 Å². The highest BCUT2D eigenvalue weighted by Gasteiger charge is 2.38. The van der Waals surface area contributed by atoms with Crippen LogP contribution >= 0.6 is 0 Å². The van der Waals surface area contributed by atoms with E-state index in [1.807, 2.05) is 36.4 Å². The number of rotatable bonds is 8. The Kier molecular flexibility index (Phi) is 6.88. The van der Waals surface area contributed by atoms with Gasteiger partial charge >= 0.3 is 0 Å². The van der Waals surface area contributed by atoms with Crippen molar-refractivity contribution in [1.29, 1.82) is 0 Å². The fraction of sp³-hybridized carbons (Fsp3) is 0.370. The van der Waals surface area contributed by atoms with Crippen LogP contribution in [0.15, 0.2) is 78.9 Å². The molecule has 162 valence electrons. The Labute approximate surface area is 185 Å². The molecule has 1 aliphatic carbocycles. The molecule has 0 bridgehead atoms. The number of allylic oxidation sites excluding steroid dienone is 4. The molecule has 1 unspecified atom stereocenters. The SMILES string of the molecule is NC(=O)CCC1(C2CCN(Cc3cccc(Oc4ccccc4)c3)CC2)C=CC=CC1. The van der Waals surface area contributed by atoms with E-state index >= 15 is 0 Å². The lowest BCUT2D eigenvalue weighted by Crippen LogP contribution is -2.40. The van der Waals surface area contributed by atoms with Gasteiger partial charge in [0.05, 0.1) is 0 Å². The molecular weight excluding hydrogens is 384 g/mol. The van der Waals surface area contributed by atoms with E-state index in [0.29, 0.717) is 12.3 Å². The van der Waals surface area contributed by atoms with Gasteiger partial charge in [-0.05, 0) is 79.9 Å². The average molecular weight is 417 g/mol. The van der Waals surface area contributed by atoms with Crippen molar-refractivity contribution >= 4 is 5.91 Å². The lowest BCUT2D eigenvalue weighted by Gasteiger charge is -2.44. The standard InChI is InChI=1S/C27H32N2O2/c28-26(30)12-17-27(15-5-2-6-16-27)23-13-18-29(19-14-23)21-22-8-7-11-25(20-22)31-24-9-3-1-4-10-24/h1-11,15,20,23H,12-14,16-19,21H2,(H2,28,30). The number of hydrogen-bond donors (Lipinski definition) is 1. The van der Waals surface area contributed by atoms with Gasteiger partial charge in [-0.25, -0.2) is 0 Å². The van der Waals surface area contributed by atoms with Crippen molar-refractivity contribution in [1.82, 2.24) is 4.90 Å². The number of hydrogen-bond acceptors (Lipinski definition) is 3. The van der Waals surface area contributed by atoms with Gasteiger partial charge < -0.3 is 10.5 Å². The largest absolute Gasteiger partial charge is 0.457 e. The summed E-state index contributed by atoms with van der Waals surface area (Å²) in [6.45, 7) is 3.08. The van der Waals surface area contributed by atoms with E-state index in [1.165, 1.54) is 5.56 Å². The van der Waals surface area contributed by atoms with E-state index in [2.05, 4.69) is 47.4 Å². The zero-order valence-corrected chi connectivity index (χ0v) is 18.1. The third kappa shape index (κ3) is 5.65. The van der Waals surface area contributed by atoms with Crippen LogP contribution < -0.4 is 10.5 Å². The highest BCUT2D eigenvalue weighted by molar-refractivity contribution is 5.73. The number of primary amides is 1. The zero-order chi connectivity index (χ0) is 21.5. The number of carbonyl (C=O) groups excluding carboxylic acids is 1. The number of para-hydroxylation sites is 1. The number of nitrogens with two attached hydrogens (primary N) is 1. The van der Waals surface area contributed by atoms with Crippen LogP contribution in [0.1, 0.15) is 37.7 Å². The van der Waals surface area contributed by atoms with Gasteiger partial charge in [0.1, 0.15) is 11.5 Å². The summed E-state index contributed by atoms with van der Waals surface area (Å²) in [6, 6.07) is 18.3. The van der Waals surface area contributed by atoms with E-state index in [9.17, 15) is 4.79 Å². The molecule has 1 fully saturated rings. The molecule has 1 heterocycles. The summed E-state index contributed by atoms with van der Waals surface area (Å²) in [7, 11) is 0. The second-order valence-electron chi connectivity index (χ2n) is 8.80. The van der Waals surface area contributed by atoms with Crippen LogP contribution in [0.2, 0.25) is 0 Å². The number of likely N-dealkylation sites (tertiary alicyclic amines) is 1. The van der Waals surface area contributed by atoms with E-state index in [0.717, 1.165) is 56.8 Å². The molecule has 0 radical (unpaired) electrons. The summed E-state index contributed by atoms with van der Waals surface area (Å²) in [5.41, 5.74) is 6.82. The minimum atomic E-state index is -0.197. The van der Waals surface area contributed by atoms with Gasteiger partial charge in [0.15, 0.2) is 0 Å². The predicted octanol–water partition coefficient (Wildman–Crippen LogP) is 5.46. The molecule has 2 N–H and O–H groups in total. The number of ether oxygens (including phenoxy) is 1. The van der Waals surface area contributed by atoms with Crippen LogP contribution in [-0.4, -0.2) is 23.9 Å². The average Bonchev–Trinajstić information content (AvgIpc) is 2.80. The van der Waals surface area contributed by atoms with Gasteiger partial charge in [0.2, 0.25) is 5.91 Å². The molecule has 4 rings (SSSR count). The Hall–Kier alpha value is -2.85. The monoisotopic (exact) mass is 416 g/mol. The second-order valence-corrected chi connectivity index (χ2v) is 8.80. The molecule has 2 aliphatic rings. The van der Waals surface area contributed by atoms with E-state index < -0.39 is 0 Å². The third-order valence-corrected chi connectivity index (χ3v) is 6.69. The molecule has 2 aromatic rings. The topological polar surface area (TPSA) is 55.6 Å². The number of benzene rings is 2. The Morgan fingerprint density at radius 3 is 2.52 bits per heavy atom. The van der Waals surface area contributed by atoms with Crippen LogP contribution in [0.5, 0.6) is 11.5 Å². The number of piperidine rings is 1. The highest BCUT2D eigenvalue weighted by atomic mass is 16.5. The smallest absolute Gasteiger partial charge is 0.217 e. The van der Waals surface area contributed by atoms with Gasteiger partial charge in [-0.15, -0.1) is 0 Å². The molecule has 4 heteroatoms. The maximum Gasteiger partial charge on any atom is 0.217 e. The van der Waals surface area contributed by atoms with Crippen molar-refractivity contribution in [2.45, 2.75) is 38.6 Å². The van der Waals surface area contributed by atoms with Crippen molar-refractivity contribution in [3.05, 3.63) is 84.5 Å². The van der Waals surface area contributed by atoms with Crippen LogP contribution in [0.4, 0.5) is 0 Å². The molecule has 1 atom stereocenters. The van der Waals surface area contributed by atoms with Crippen LogP contribution in [0, 0.1) is 11.3 Å². The fourth-order valence-corrected chi connectivity index (χ4v) is 4.99. The van der Waals surface area contributed by atoms with Crippen molar-refractivity contribution < 1.29 is 9.53 Å². The molecule has 0 aromatic heterocycles. The Morgan fingerprint density at radius 1 is 1.03 bits per heavy atom. The van der Waals surface area contributed by atoms with Crippen LogP contribution in [0.3, 0.4) is 0 Å². The number of amides is 1. The quantitative estimate of drug-likeness (QED) is 0.622. The highest BCUT2D eigenvalue weighted by Crippen LogP contribution is 2.45. The molecule has 0 saturated carbocycles. The summed E-state index contributed by atoms with van der Waals surface area (Å²) in [5.74, 6) is 2.13. The molecule has 4 nitrogen and oxygen atoms in total. The summed E-state index contributed by atoms with van der Waals surface area (Å²) >= 11 is 0. The summed E-state index contributed by atoms with van der Waals surface area (Å²) < 4.78 is 5.99. The minimum Gasteiger partial charge on any atom is -0.457 e. The molecule has 2 aromatic carbocycles. The van der Waals surface area contributed by atoms with E-state index in [1.54, 1.807) is 0 Å². The number of carbonyl (C=O) groups is 1. The zero-order valence-electron chi connectivity index (χ0n) is 18.1. The predicted molar refractivity (Wildman–Crippen MR) is 125 cm³/mol. The van der Waals surface area contributed by atoms with Crippen molar-refractivity contribution in [2.24, 2.45) is 17.1 Å². The second kappa shape index (κ2) is 9.97. The first-order valence-electron chi connectivity index (χ1n) is 11.3. The molecule has 1 saturated heterocycles. The fourth-order valence-electron chi connectivity index (χ4n) is 4.99. The molecule has 31 heavy (non-hydrogen) atoms. The first-order valence-corrected chi connectivity index (χ1v) is 11.3. The summed E-state index contributed by atoms with van der Waals surface area (Å²) in [6.07, 6.45) is 13.5. The molecule has 0 spiro atoms. The summed E-state index contributed by atoms with van der Waals surface area (Å²) in [4.78, 5) is 14.0. The normalized spacial score (nSPS) is 21.8. The van der Waals surface area contributed by atoms with Crippen molar-refractivity contribution in [2.75, 3.05) is 13.1 Å². The van der Waals surface area contributed by atoms with E-state index in [4.69, 9.17) is 10.5 Å². The summed E-state index contributed by atoms with van der Waals surface area (Å²) in [5, 5.41) is 0.